The van der Waals surface area contributed by atoms with Gasteiger partial charge in [-0.3, -0.25) is 9.59 Å². The van der Waals surface area contributed by atoms with E-state index in [2.05, 4.69) is 0 Å². The Morgan fingerprint density at radius 1 is 1.46 bits per heavy atom. The Morgan fingerprint density at radius 2 is 2.00 bits per heavy atom. The molecule has 1 saturated carbocycles. The van der Waals surface area contributed by atoms with E-state index in [1.54, 1.807) is 13.0 Å². The summed E-state index contributed by atoms with van der Waals surface area (Å²) in [6.07, 6.45) is 2.51. The topological polar surface area (TPSA) is 54.4 Å². The van der Waals surface area contributed by atoms with Crippen LogP contribution >= 0.6 is 0 Å². The number of carbonyl (C=O) groups excluding carboxylic acids is 1. The van der Waals surface area contributed by atoms with Gasteiger partial charge in [-0.15, -0.1) is 0 Å². The minimum Gasteiger partial charge on any atom is -0.481 e. The van der Waals surface area contributed by atoms with Crippen LogP contribution in [0.4, 0.5) is 0 Å². The minimum atomic E-state index is -0.773. The zero-order valence-electron chi connectivity index (χ0n) is 8.07. The van der Waals surface area contributed by atoms with Crippen molar-refractivity contribution in [3.8, 4) is 0 Å². The molecule has 1 fully saturated rings. The van der Waals surface area contributed by atoms with Crippen LogP contribution in [0.15, 0.2) is 11.6 Å². The normalized spacial score (nSPS) is 31.2. The first-order valence-corrected chi connectivity index (χ1v) is 4.27. The molecule has 0 aromatic heterocycles. The van der Waals surface area contributed by atoms with Gasteiger partial charge in [0.05, 0.1) is 5.92 Å². The number of aliphatic carboxylic acids is 1. The lowest BCUT2D eigenvalue weighted by Gasteiger charge is -1.96. The molecule has 3 heteroatoms. The maximum absolute atomic E-state index is 10.7. The van der Waals surface area contributed by atoms with Crippen molar-refractivity contribution in [3.05, 3.63) is 11.6 Å². The third kappa shape index (κ3) is 1.64. The van der Waals surface area contributed by atoms with Gasteiger partial charge in [0.1, 0.15) is 6.29 Å². The molecule has 72 valence electrons. The Bertz CT molecular complexity index is 276. The summed E-state index contributed by atoms with van der Waals surface area (Å²) in [6, 6.07) is 0. The summed E-state index contributed by atoms with van der Waals surface area (Å²) >= 11 is 0. The summed E-state index contributed by atoms with van der Waals surface area (Å²) in [4.78, 5) is 21.1. The monoisotopic (exact) mass is 182 g/mol. The molecule has 1 rings (SSSR count). The number of rotatable bonds is 3. The van der Waals surface area contributed by atoms with Crippen molar-refractivity contribution in [2.75, 3.05) is 0 Å². The minimum absolute atomic E-state index is 0.00944. The number of carboxylic acid groups (broad SMARTS) is 1. The highest BCUT2D eigenvalue weighted by molar-refractivity contribution is 5.78. The molecule has 2 unspecified atom stereocenters. The summed E-state index contributed by atoms with van der Waals surface area (Å²) in [7, 11) is 0. The van der Waals surface area contributed by atoms with Crippen LogP contribution in [-0.4, -0.2) is 17.4 Å². The van der Waals surface area contributed by atoms with Gasteiger partial charge in [-0.1, -0.05) is 19.9 Å². The second kappa shape index (κ2) is 2.98. The molecule has 13 heavy (non-hydrogen) atoms. The molecule has 3 nitrogen and oxygen atoms in total. The van der Waals surface area contributed by atoms with Crippen molar-refractivity contribution in [3.63, 3.8) is 0 Å². The maximum atomic E-state index is 10.7. The average Bonchev–Trinajstić information content (AvgIpc) is 2.53. The molecule has 0 aliphatic heterocycles. The van der Waals surface area contributed by atoms with Gasteiger partial charge in [-0.2, -0.15) is 0 Å². The predicted molar refractivity (Wildman–Crippen MR) is 48.2 cm³/mol. The predicted octanol–water partition coefficient (Wildman–Crippen LogP) is 1.49. The van der Waals surface area contributed by atoms with Crippen molar-refractivity contribution in [2.45, 2.75) is 20.8 Å². The molecule has 0 aromatic carbocycles. The van der Waals surface area contributed by atoms with Crippen LogP contribution in [0.1, 0.15) is 20.8 Å². The molecule has 0 heterocycles. The quantitative estimate of drug-likeness (QED) is 0.531. The van der Waals surface area contributed by atoms with E-state index in [1.165, 1.54) is 0 Å². The maximum Gasteiger partial charge on any atom is 0.307 e. The zero-order chi connectivity index (χ0) is 10.2. The Labute approximate surface area is 77.4 Å². The number of carbonyl (C=O) groups is 2. The summed E-state index contributed by atoms with van der Waals surface area (Å²) < 4.78 is 0. The fourth-order valence-corrected chi connectivity index (χ4v) is 1.78. The van der Waals surface area contributed by atoms with Crippen molar-refractivity contribution in [1.29, 1.82) is 0 Å². The molecule has 0 spiro atoms. The molecular weight excluding hydrogens is 168 g/mol. The standard InChI is InChI=1S/C10H14O3/c1-6(5-11)4-7-8(9(12)13)10(7,2)3/h4-5,7-8H,1-3H3,(H,12,13)/b6-4+. The highest BCUT2D eigenvalue weighted by atomic mass is 16.4. The first-order chi connectivity index (χ1) is 5.91. The van der Waals surface area contributed by atoms with Gasteiger partial charge in [-0.25, -0.2) is 0 Å². The van der Waals surface area contributed by atoms with Gasteiger partial charge in [0.25, 0.3) is 0 Å². The van der Waals surface area contributed by atoms with Crippen LogP contribution in [0.5, 0.6) is 0 Å². The number of hydrogen-bond donors (Lipinski definition) is 1. The third-order valence-electron chi connectivity index (χ3n) is 2.81. The van der Waals surface area contributed by atoms with E-state index in [-0.39, 0.29) is 17.3 Å². The van der Waals surface area contributed by atoms with E-state index in [0.29, 0.717) is 5.57 Å². The lowest BCUT2D eigenvalue weighted by molar-refractivity contribution is -0.139. The lowest BCUT2D eigenvalue weighted by atomic mass is 10.1. The smallest absolute Gasteiger partial charge is 0.307 e. The molecule has 0 amide bonds. The van der Waals surface area contributed by atoms with Crippen LogP contribution in [0.2, 0.25) is 0 Å². The van der Waals surface area contributed by atoms with Crippen molar-refractivity contribution < 1.29 is 14.7 Å². The van der Waals surface area contributed by atoms with Crippen LogP contribution in [0.25, 0.3) is 0 Å². The summed E-state index contributed by atoms with van der Waals surface area (Å²) in [5.74, 6) is -1.09. The van der Waals surface area contributed by atoms with Gasteiger partial charge < -0.3 is 5.11 Å². The number of allylic oxidation sites excluding steroid dienone is 2. The van der Waals surface area contributed by atoms with Gasteiger partial charge >= 0.3 is 5.97 Å². The molecular formula is C10H14O3. The molecule has 2 atom stereocenters. The van der Waals surface area contributed by atoms with E-state index in [0.717, 1.165) is 6.29 Å². The Hall–Kier alpha value is -1.12. The van der Waals surface area contributed by atoms with Gasteiger partial charge in [0, 0.05) is 0 Å². The summed E-state index contributed by atoms with van der Waals surface area (Å²) in [6.45, 7) is 5.51. The fourth-order valence-electron chi connectivity index (χ4n) is 1.78. The second-order valence-electron chi connectivity index (χ2n) is 4.19. The van der Waals surface area contributed by atoms with Crippen LogP contribution < -0.4 is 0 Å². The molecule has 0 bridgehead atoms. The average molecular weight is 182 g/mol. The Kier molecular flexibility index (Phi) is 2.28. The first kappa shape index (κ1) is 9.96. The molecule has 0 saturated heterocycles. The molecule has 0 aromatic rings. The van der Waals surface area contributed by atoms with Crippen molar-refractivity contribution in [2.24, 2.45) is 17.3 Å². The fraction of sp³-hybridized carbons (Fsp3) is 0.600. The molecule has 1 aliphatic rings. The van der Waals surface area contributed by atoms with Gasteiger partial charge in [0.2, 0.25) is 0 Å². The van der Waals surface area contributed by atoms with Gasteiger partial charge in [-0.05, 0) is 23.8 Å². The second-order valence-corrected chi connectivity index (χ2v) is 4.19. The molecule has 1 aliphatic carbocycles. The summed E-state index contributed by atoms with van der Waals surface area (Å²) in [5.41, 5.74) is 0.414. The number of aldehydes is 1. The first-order valence-electron chi connectivity index (χ1n) is 4.27. The highest BCUT2D eigenvalue weighted by Gasteiger charge is 2.60. The largest absolute Gasteiger partial charge is 0.481 e. The van der Waals surface area contributed by atoms with Crippen LogP contribution in [0, 0.1) is 17.3 Å². The van der Waals surface area contributed by atoms with E-state index in [9.17, 15) is 9.59 Å². The number of hydrogen-bond acceptors (Lipinski definition) is 2. The molecule has 0 radical (unpaired) electrons. The van der Waals surface area contributed by atoms with Crippen LogP contribution in [0.3, 0.4) is 0 Å². The number of carboxylic acids is 1. The highest BCUT2D eigenvalue weighted by Crippen LogP contribution is 2.59. The SMILES string of the molecule is C/C(C=O)=C\C1C(C(=O)O)C1(C)C. The Morgan fingerprint density at radius 3 is 2.31 bits per heavy atom. The van der Waals surface area contributed by atoms with Crippen molar-refractivity contribution in [1.82, 2.24) is 0 Å². The van der Waals surface area contributed by atoms with E-state index in [4.69, 9.17) is 5.11 Å². The zero-order valence-corrected chi connectivity index (χ0v) is 8.07. The summed E-state index contributed by atoms with van der Waals surface area (Å²) in [5, 5.41) is 8.83. The van der Waals surface area contributed by atoms with E-state index in [1.807, 2.05) is 13.8 Å². The third-order valence-corrected chi connectivity index (χ3v) is 2.81. The van der Waals surface area contributed by atoms with Crippen LogP contribution in [-0.2, 0) is 9.59 Å². The van der Waals surface area contributed by atoms with Crippen molar-refractivity contribution >= 4 is 12.3 Å². The van der Waals surface area contributed by atoms with Gasteiger partial charge in [0.15, 0.2) is 0 Å². The molecule has 1 N–H and O–H groups in total. The van der Waals surface area contributed by atoms with E-state index < -0.39 is 5.97 Å². The van der Waals surface area contributed by atoms with E-state index >= 15 is 0 Å². The Balaban J connectivity index is 2.77. The lowest BCUT2D eigenvalue weighted by Crippen LogP contribution is -2.03.